The molecular weight excluding hydrogens is 550 g/mol. The monoisotopic (exact) mass is 591 g/mol. The van der Waals surface area contributed by atoms with Crippen LogP contribution in [0.5, 0.6) is 0 Å². The third-order valence-electron chi connectivity index (χ3n) is 10.9. The average molecular weight is 592 g/mol. The Balaban J connectivity index is 1.46. The number of hydrogen-bond acceptors (Lipinski definition) is 10. The van der Waals surface area contributed by atoms with E-state index in [1.54, 1.807) is 0 Å². The Bertz CT molecular complexity index is 1210. The molecule has 2 saturated heterocycles. The van der Waals surface area contributed by atoms with Crippen LogP contribution in [-0.2, 0) is 38.2 Å². The second-order valence-electron chi connectivity index (χ2n) is 13.4. The van der Waals surface area contributed by atoms with Crippen LogP contribution in [0.15, 0.2) is 12.2 Å². The molecule has 4 N–H and O–H groups in total. The highest BCUT2D eigenvalue weighted by atomic mass is 16.7. The first-order chi connectivity index (χ1) is 19.6. The van der Waals surface area contributed by atoms with E-state index < -0.39 is 94.2 Å². The Morgan fingerprint density at radius 3 is 2.45 bits per heavy atom. The maximum atomic E-state index is 14.2. The van der Waals surface area contributed by atoms with Crippen LogP contribution >= 0.6 is 0 Å². The number of nitrogens with one attached hydrogen (secondary N) is 1. The minimum absolute atomic E-state index is 0.0327. The van der Waals surface area contributed by atoms with Crippen molar-refractivity contribution in [3.63, 3.8) is 0 Å². The van der Waals surface area contributed by atoms with Crippen LogP contribution in [0.3, 0.4) is 0 Å². The number of carbonyl (C=O) groups excluding carboxylic acids is 4. The minimum Gasteiger partial charge on any atom is -0.481 e. The number of Topliss-reactive ketones (excluding diaryl/α,β-unsaturated/α-hetero) is 1. The molecule has 0 aromatic carbocycles. The third kappa shape index (κ3) is 4.16. The summed E-state index contributed by atoms with van der Waals surface area (Å²) in [5, 5.41) is 35.4. The molecule has 6 fully saturated rings. The highest BCUT2D eigenvalue weighted by Gasteiger charge is 2.88. The minimum atomic E-state index is -2.38. The van der Waals surface area contributed by atoms with Gasteiger partial charge in [0, 0.05) is 37.0 Å². The molecule has 232 valence electrons. The molecule has 4 saturated carbocycles. The first-order valence-electron chi connectivity index (χ1n) is 14.8. The number of esters is 2. The van der Waals surface area contributed by atoms with Gasteiger partial charge in [-0.2, -0.15) is 0 Å². The lowest BCUT2D eigenvalue weighted by molar-refractivity contribution is -0.458. The summed E-state index contributed by atoms with van der Waals surface area (Å²) >= 11 is 0. The van der Waals surface area contributed by atoms with Gasteiger partial charge >= 0.3 is 17.9 Å². The van der Waals surface area contributed by atoms with Crippen LogP contribution < -0.4 is 5.32 Å². The van der Waals surface area contributed by atoms with Gasteiger partial charge in [0.1, 0.15) is 30.3 Å². The van der Waals surface area contributed by atoms with Gasteiger partial charge in [-0.3, -0.25) is 24.0 Å². The molecule has 0 unspecified atom stereocenters. The van der Waals surface area contributed by atoms with Crippen LogP contribution in [-0.4, -0.2) is 82.2 Å². The third-order valence-corrected chi connectivity index (χ3v) is 10.9. The number of ketones is 1. The Kier molecular flexibility index (Phi) is 7.59. The second kappa shape index (κ2) is 10.4. The number of aliphatic hydroxyl groups is 2. The zero-order chi connectivity index (χ0) is 30.8. The van der Waals surface area contributed by atoms with Crippen molar-refractivity contribution in [1.29, 1.82) is 0 Å². The first-order valence-corrected chi connectivity index (χ1v) is 14.8. The number of rotatable bonds is 9. The topological polar surface area (TPSA) is 186 Å². The maximum Gasteiger partial charge on any atom is 0.325 e. The van der Waals surface area contributed by atoms with Gasteiger partial charge in [-0.1, -0.05) is 20.4 Å². The molecule has 0 aromatic heterocycles. The van der Waals surface area contributed by atoms with E-state index in [0.717, 1.165) is 0 Å². The van der Waals surface area contributed by atoms with Gasteiger partial charge < -0.3 is 34.8 Å². The number of aliphatic hydroxyl groups excluding tert-OH is 1. The van der Waals surface area contributed by atoms with Crippen LogP contribution in [0, 0.1) is 34.0 Å². The molecule has 1 amide bonds. The number of hydrogen-bond donors (Lipinski definition) is 4. The summed E-state index contributed by atoms with van der Waals surface area (Å²) in [5.41, 5.74) is -3.21. The zero-order valence-corrected chi connectivity index (χ0v) is 24.3. The highest BCUT2D eigenvalue weighted by Crippen LogP contribution is 2.77. The molecule has 9 atom stereocenters. The molecular formula is C30H41NO11. The number of unbranched alkanes of at least 4 members (excludes halogenated alkanes) is 1. The lowest BCUT2D eigenvalue weighted by Gasteiger charge is -2.74. The molecule has 2 aliphatic heterocycles. The molecule has 2 heterocycles. The van der Waals surface area contributed by atoms with Crippen molar-refractivity contribution in [2.75, 3.05) is 13.2 Å². The predicted molar refractivity (Wildman–Crippen MR) is 143 cm³/mol. The molecule has 0 aromatic rings. The maximum absolute atomic E-state index is 14.2. The van der Waals surface area contributed by atoms with Gasteiger partial charge in [-0.05, 0) is 55.4 Å². The summed E-state index contributed by atoms with van der Waals surface area (Å²) in [4.78, 5) is 62.5. The number of fused-ring (bicyclic) bond motifs is 2. The molecule has 2 spiro atoms. The summed E-state index contributed by atoms with van der Waals surface area (Å²) in [5.74, 6) is -7.50. The van der Waals surface area contributed by atoms with Crippen molar-refractivity contribution in [2.24, 2.45) is 34.0 Å². The lowest BCUT2D eigenvalue weighted by atomic mass is 9.35. The second-order valence-corrected chi connectivity index (χ2v) is 13.4. The summed E-state index contributed by atoms with van der Waals surface area (Å²) in [6.45, 7) is 8.76. The van der Waals surface area contributed by atoms with Crippen LogP contribution in [0.4, 0.5) is 0 Å². The van der Waals surface area contributed by atoms with Crippen molar-refractivity contribution >= 4 is 29.6 Å². The molecule has 42 heavy (non-hydrogen) atoms. The van der Waals surface area contributed by atoms with E-state index in [2.05, 4.69) is 11.9 Å². The van der Waals surface area contributed by atoms with Crippen molar-refractivity contribution in [3.05, 3.63) is 12.2 Å². The zero-order valence-electron chi connectivity index (χ0n) is 24.3. The molecule has 0 radical (unpaired) electrons. The first kappa shape index (κ1) is 30.6. The molecule has 4 bridgehead atoms. The van der Waals surface area contributed by atoms with E-state index in [4.69, 9.17) is 19.3 Å². The van der Waals surface area contributed by atoms with Crippen LogP contribution in [0.25, 0.3) is 0 Å². The number of ether oxygens (including phenoxy) is 3. The highest BCUT2D eigenvalue weighted by molar-refractivity contribution is 6.05. The van der Waals surface area contributed by atoms with Gasteiger partial charge in [-0.15, -0.1) is 0 Å². The lowest BCUT2D eigenvalue weighted by Crippen LogP contribution is -2.86. The standard InChI is InChI=1S/C30H41NO11/c1-15-17-9-10-18-28-14-40-30(39,25(38)23(28)27(3,4)12-11-19(28)41-16(2)32)29(18,24(15)37)26(17)42-22(36)13-31-20(33)7-5-6-8-21(34)35/h17-19,23,25-26,38-39H,1,5-14H2,2-4H3,(H,31,33)(H,34,35)/t17-,18+,19+,23-,25+,26-,28-,29+,30-/m1/s1. The van der Waals surface area contributed by atoms with E-state index in [1.165, 1.54) is 6.92 Å². The summed E-state index contributed by atoms with van der Waals surface area (Å²) < 4.78 is 17.9. The van der Waals surface area contributed by atoms with Crippen molar-refractivity contribution in [1.82, 2.24) is 5.32 Å². The largest absolute Gasteiger partial charge is 0.481 e. The number of carbonyl (C=O) groups is 5. The quantitative estimate of drug-likeness (QED) is 0.172. The molecule has 4 aliphatic carbocycles. The number of aliphatic carboxylic acids is 1. The summed E-state index contributed by atoms with van der Waals surface area (Å²) in [6, 6.07) is 0. The average Bonchev–Trinajstić information content (AvgIpc) is 3.02. The van der Waals surface area contributed by atoms with Gasteiger partial charge in [-0.25, -0.2) is 0 Å². The normalized spacial score (nSPS) is 41.0. The molecule has 12 nitrogen and oxygen atoms in total. The van der Waals surface area contributed by atoms with E-state index in [-0.39, 0.29) is 25.0 Å². The van der Waals surface area contributed by atoms with E-state index in [0.29, 0.717) is 38.5 Å². The Morgan fingerprint density at radius 1 is 1.10 bits per heavy atom. The Labute approximate surface area is 244 Å². The fourth-order valence-electron chi connectivity index (χ4n) is 9.39. The van der Waals surface area contributed by atoms with Crippen LogP contribution in [0.1, 0.15) is 72.1 Å². The van der Waals surface area contributed by atoms with Gasteiger partial charge in [0.25, 0.3) is 0 Å². The van der Waals surface area contributed by atoms with Gasteiger partial charge in [0.15, 0.2) is 5.78 Å². The van der Waals surface area contributed by atoms with Crippen molar-refractivity contribution < 1.29 is 53.5 Å². The van der Waals surface area contributed by atoms with Gasteiger partial charge in [0.05, 0.1) is 6.61 Å². The van der Waals surface area contributed by atoms with Crippen molar-refractivity contribution in [2.45, 2.75) is 96.2 Å². The number of amides is 1. The van der Waals surface area contributed by atoms with E-state index >= 15 is 0 Å². The van der Waals surface area contributed by atoms with E-state index in [9.17, 15) is 34.2 Å². The van der Waals surface area contributed by atoms with Gasteiger partial charge in [0.2, 0.25) is 11.7 Å². The molecule has 12 heteroatoms. The Morgan fingerprint density at radius 2 is 1.79 bits per heavy atom. The molecule has 6 aliphatic rings. The predicted octanol–water partition coefficient (Wildman–Crippen LogP) is 1.26. The SMILES string of the molecule is C=C1C(=O)[C@]23[C@H](OC(=O)CNC(=O)CCCCC(=O)O)[C@@H]1CC[C@H]2[C@@]12CO[C@]3(O)[C@@H](O)[C@@H]1C(C)(C)CC[C@@H]2OC(C)=O. The summed E-state index contributed by atoms with van der Waals surface area (Å²) in [6.07, 6.45) is -0.856. The fraction of sp³-hybridized carbons (Fsp3) is 0.767. The van der Waals surface area contributed by atoms with Crippen LogP contribution in [0.2, 0.25) is 0 Å². The van der Waals surface area contributed by atoms with E-state index in [1.807, 2.05) is 13.8 Å². The smallest absolute Gasteiger partial charge is 0.325 e. The molecule has 6 rings (SSSR count). The number of carboxylic acid groups (broad SMARTS) is 1. The fourth-order valence-corrected chi connectivity index (χ4v) is 9.39. The van der Waals surface area contributed by atoms with Crippen molar-refractivity contribution in [3.8, 4) is 0 Å². The Hall–Kier alpha value is -2.83. The summed E-state index contributed by atoms with van der Waals surface area (Å²) in [7, 11) is 0. The number of carboxylic acids is 1.